The summed E-state index contributed by atoms with van der Waals surface area (Å²) in [6, 6.07) is 10.4. The van der Waals surface area contributed by atoms with Crippen LogP contribution in [-0.4, -0.2) is 13.7 Å². The molecule has 1 aromatic heterocycles. The van der Waals surface area contributed by atoms with E-state index in [9.17, 15) is 0 Å². The molecule has 0 aliphatic carbocycles. The highest BCUT2D eigenvalue weighted by Crippen LogP contribution is 2.32. The maximum atomic E-state index is 6.08. The van der Waals surface area contributed by atoms with E-state index in [1.807, 2.05) is 18.2 Å². The third kappa shape index (κ3) is 4.71. The van der Waals surface area contributed by atoms with Crippen molar-refractivity contribution in [2.45, 2.75) is 25.8 Å². The Kier molecular flexibility index (Phi) is 6.55. The summed E-state index contributed by atoms with van der Waals surface area (Å²) in [4.78, 5) is 1.26. The number of thiophene rings is 1. The lowest BCUT2D eigenvalue weighted by atomic mass is 10.0. The van der Waals surface area contributed by atoms with Gasteiger partial charge < -0.3 is 10.1 Å². The second-order valence-electron chi connectivity index (χ2n) is 4.81. The van der Waals surface area contributed by atoms with Gasteiger partial charge in [0.25, 0.3) is 0 Å². The summed E-state index contributed by atoms with van der Waals surface area (Å²) in [5, 5.41) is 3.60. The smallest absolute Gasteiger partial charge is 0.122 e. The van der Waals surface area contributed by atoms with Gasteiger partial charge in [-0.15, -0.1) is 11.3 Å². The highest BCUT2D eigenvalue weighted by Gasteiger charge is 2.16. The largest absolute Gasteiger partial charge is 0.496 e. The van der Waals surface area contributed by atoms with Crippen LogP contribution in [0.25, 0.3) is 0 Å². The van der Waals surface area contributed by atoms with E-state index < -0.39 is 0 Å². The first kappa shape index (κ1) is 16.8. The molecule has 1 atom stereocenters. The Morgan fingerprint density at radius 1 is 1.33 bits per heavy atom. The van der Waals surface area contributed by atoms with Crippen LogP contribution in [0.15, 0.2) is 34.8 Å². The zero-order chi connectivity index (χ0) is 15.2. The van der Waals surface area contributed by atoms with Gasteiger partial charge in [0, 0.05) is 15.4 Å². The third-order valence-corrected chi connectivity index (χ3v) is 5.08. The predicted molar refractivity (Wildman–Crippen MR) is 94.8 cm³/mol. The minimum Gasteiger partial charge on any atom is -0.496 e. The van der Waals surface area contributed by atoms with Gasteiger partial charge in [0.05, 0.1) is 11.4 Å². The van der Waals surface area contributed by atoms with Crippen molar-refractivity contribution in [1.82, 2.24) is 5.32 Å². The number of hydrogen-bond acceptors (Lipinski definition) is 3. The topological polar surface area (TPSA) is 21.3 Å². The van der Waals surface area contributed by atoms with Gasteiger partial charge >= 0.3 is 0 Å². The summed E-state index contributed by atoms with van der Waals surface area (Å²) < 4.78 is 7.37. The Labute approximate surface area is 143 Å². The van der Waals surface area contributed by atoms with Crippen molar-refractivity contribution in [3.05, 3.63) is 49.6 Å². The van der Waals surface area contributed by atoms with Gasteiger partial charge in [-0.1, -0.05) is 34.5 Å². The molecule has 0 fully saturated rings. The molecule has 1 aromatic carbocycles. The molecule has 2 rings (SSSR count). The molecule has 114 valence electrons. The zero-order valence-electron chi connectivity index (χ0n) is 12.2. The molecule has 0 aliphatic heterocycles. The van der Waals surface area contributed by atoms with Crippen LogP contribution in [-0.2, 0) is 6.42 Å². The molecule has 0 spiro atoms. The van der Waals surface area contributed by atoms with Gasteiger partial charge in [-0.25, -0.2) is 0 Å². The number of benzene rings is 1. The van der Waals surface area contributed by atoms with E-state index in [-0.39, 0.29) is 6.04 Å². The van der Waals surface area contributed by atoms with E-state index in [0.29, 0.717) is 0 Å². The third-order valence-electron chi connectivity index (χ3n) is 3.24. The maximum Gasteiger partial charge on any atom is 0.122 e. The van der Waals surface area contributed by atoms with E-state index in [1.165, 1.54) is 10.4 Å². The summed E-state index contributed by atoms with van der Waals surface area (Å²) in [5.74, 6) is 0.921. The van der Waals surface area contributed by atoms with Crippen LogP contribution in [0.2, 0.25) is 4.34 Å². The molecule has 0 bridgehead atoms. The average Bonchev–Trinajstić information content (AvgIpc) is 2.90. The molecule has 5 heteroatoms. The summed E-state index contributed by atoms with van der Waals surface area (Å²) in [5.41, 5.74) is 1.19. The molecule has 0 radical (unpaired) electrons. The lowest BCUT2D eigenvalue weighted by Crippen LogP contribution is -2.23. The molecule has 0 saturated carbocycles. The fourth-order valence-electron chi connectivity index (χ4n) is 2.23. The molecule has 1 N–H and O–H groups in total. The van der Waals surface area contributed by atoms with E-state index >= 15 is 0 Å². The van der Waals surface area contributed by atoms with Crippen LogP contribution in [0.3, 0.4) is 0 Å². The van der Waals surface area contributed by atoms with E-state index in [1.54, 1.807) is 18.4 Å². The van der Waals surface area contributed by atoms with Gasteiger partial charge in [-0.3, -0.25) is 0 Å². The molecule has 1 unspecified atom stereocenters. The Bertz CT molecular complexity index is 587. The Morgan fingerprint density at radius 2 is 2.14 bits per heavy atom. The maximum absolute atomic E-state index is 6.08. The average molecular weight is 389 g/mol. The number of hydrogen-bond donors (Lipinski definition) is 1. The quantitative estimate of drug-likeness (QED) is 0.680. The lowest BCUT2D eigenvalue weighted by molar-refractivity contribution is 0.405. The van der Waals surface area contributed by atoms with Crippen molar-refractivity contribution >= 4 is 38.9 Å². The van der Waals surface area contributed by atoms with Crippen LogP contribution in [0.5, 0.6) is 5.75 Å². The van der Waals surface area contributed by atoms with Gasteiger partial charge in [0.15, 0.2) is 0 Å². The molecule has 2 nitrogen and oxygen atoms in total. The van der Waals surface area contributed by atoms with Gasteiger partial charge in [0.1, 0.15) is 5.75 Å². The van der Waals surface area contributed by atoms with Gasteiger partial charge in [0.2, 0.25) is 0 Å². The fourth-order valence-corrected chi connectivity index (χ4v) is 3.78. The SMILES string of the molecule is CCCNC(Cc1cc(Br)ccc1OC)c1ccc(Cl)s1. The predicted octanol–water partition coefficient (Wildman–Crippen LogP) is 5.46. The summed E-state index contributed by atoms with van der Waals surface area (Å²) >= 11 is 11.3. The Balaban J connectivity index is 2.24. The van der Waals surface area contributed by atoms with Crippen LogP contribution in [0.4, 0.5) is 0 Å². The van der Waals surface area contributed by atoms with Crippen LogP contribution in [0, 0.1) is 0 Å². The van der Waals surface area contributed by atoms with Crippen molar-refractivity contribution < 1.29 is 4.74 Å². The first-order chi connectivity index (χ1) is 10.1. The van der Waals surface area contributed by atoms with E-state index in [4.69, 9.17) is 16.3 Å². The van der Waals surface area contributed by atoms with Crippen molar-refractivity contribution in [1.29, 1.82) is 0 Å². The van der Waals surface area contributed by atoms with Crippen molar-refractivity contribution in [2.24, 2.45) is 0 Å². The van der Waals surface area contributed by atoms with Crippen LogP contribution >= 0.6 is 38.9 Å². The number of methoxy groups -OCH3 is 1. The normalized spacial score (nSPS) is 12.4. The Morgan fingerprint density at radius 3 is 2.76 bits per heavy atom. The minimum atomic E-state index is 0.255. The molecule has 0 amide bonds. The minimum absolute atomic E-state index is 0.255. The van der Waals surface area contributed by atoms with Gasteiger partial charge in [-0.05, 0) is 55.3 Å². The monoisotopic (exact) mass is 387 g/mol. The summed E-state index contributed by atoms with van der Waals surface area (Å²) in [6.45, 7) is 3.15. The summed E-state index contributed by atoms with van der Waals surface area (Å²) in [7, 11) is 1.71. The molecule has 2 aromatic rings. The van der Waals surface area contributed by atoms with E-state index in [2.05, 4.69) is 40.3 Å². The number of nitrogens with one attached hydrogen (secondary N) is 1. The molecular weight excluding hydrogens is 370 g/mol. The van der Waals surface area contributed by atoms with Crippen molar-refractivity contribution in [2.75, 3.05) is 13.7 Å². The Hall–Kier alpha value is -0.550. The second-order valence-corrected chi connectivity index (χ2v) is 7.47. The number of rotatable bonds is 7. The fraction of sp³-hybridized carbons (Fsp3) is 0.375. The van der Waals surface area contributed by atoms with Crippen LogP contribution in [0.1, 0.15) is 29.8 Å². The zero-order valence-corrected chi connectivity index (χ0v) is 15.3. The molecule has 21 heavy (non-hydrogen) atoms. The molecular formula is C16H19BrClNOS. The van der Waals surface area contributed by atoms with Crippen molar-refractivity contribution in [3.63, 3.8) is 0 Å². The molecule has 1 heterocycles. The standard InChI is InChI=1S/C16H19BrClNOS/c1-3-8-19-13(15-6-7-16(18)21-15)10-11-9-12(17)4-5-14(11)20-2/h4-7,9,13,19H,3,8,10H2,1-2H3. The molecule has 0 aliphatic rings. The number of ether oxygens (including phenoxy) is 1. The van der Waals surface area contributed by atoms with Gasteiger partial charge in [-0.2, -0.15) is 0 Å². The number of halogens is 2. The molecule has 0 saturated heterocycles. The second kappa shape index (κ2) is 8.18. The first-order valence-corrected chi connectivity index (χ1v) is 8.93. The van der Waals surface area contributed by atoms with Crippen molar-refractivity contribution in [3.8, 4) is 5.75 Å². The highest BCUT2D eigenvalue weighted by molar-refractivity contribution is 9.10. The van der Waals surface area contributed by atoms with Crippen LogP contribution < -0.4 is 10.1 Å². The summed E-state index contributed by atoms with van der Waals surface area (Å²) in [6.07, 6.45) is 1.98. The first-order valence-electron chi connectivity index (χ1n) is 6.95. The van der Waals surface area contributed by atoms with E-state index in [0.717, 1.165) is 33.9 Å². The highest BCUT2D eigenvalue weighted by atomic mass is 79.9. The lowest BCUT2D eigenvalue weighted by Gasteiger charge is -2.19.